The molecule has 0 unspecified atom stereocenters. The Morgan fingerprint density at radius 1 is 1.30 bits per heavy atom. The fraction of sp³-hybridized carbons (Fsp3) is 0.562. The van der Waals surface area contributed by atoms with Crippen LogP contribution in [0.25, 0.3) is 0 Å². The van der Waals surface area contributed by atoms with Gasteiger partial charge in [0.25, 0.3) is 5.91 Å². The number of halogens is 3. The van der Waals surface area contributed by atoms with Gasteiger partial charge in [-0.3, -0.25) is 4.79 Å². The molecule has 1 saturated heterocycles. The Bertz CT molecular complexity index is 489. The highest BCUT2D eigenvalue weighted by Gasteiger charge is 2.42. The van der Waals surface area contributed by atoms with Crippen molar-refractivity contribution in [1.82, 2.24) is 10.6 Å². The summed E-state index contributed by atoms with van der Waals surface area (Å²) < 4.78 is 33.5. The van der Waals surface area contributed by atoms with Gasteiger partial charge in [0.1, 0.15) is 0 Å². The molecule has 0 atom stereocenters. The molecule has 1 aromatic carbocycles. The second-order valence-corrected chi connectivity index (χ2v) is 5.81. The summed E-state index contributed by atoms with van der Waals surface area (Å²) in [5, 5.41) is 5.65. The zero-order valence-corrected chi connectivity index (χ0v) is 13.9. The van der Waals surface area contributed by atoms with Gasteiger partial charge in [-0.25, -0.2) is 0 Å². The number of hydrogen-bond donors (Lipinski definition) is 2. The zero-order chi connectivity index (χ0) is 16.1. The van der Waals surface area contributed by atoms with Gasteiger partial charge >= 0.3 is 5.92 Å². The summed E-state index contributed by atoms with van der Waals surface area (Å²) in [6.45, 7) is 2.25. The van der Waals surface area contributed by atoms with E-state index in [0.717, 1.165) is 25.9 Å². The number of alkyl halides is 2. The number of benzene rings is 1. The summed E-state index contributed by atoms with van der Waals surface area (Å²) >= 11 is 0. The number of methoxy groups -OCH3 is 1. The summed E-state index contributed by atoms with van der Waals surface area (Å²) in [4.78, 5) is 11.9. The maximum absolute atomic E-state index is 14.2. The molecule has 1 heterocycles. The predicted molar refractivity (Wildman–Crippen MR) is 87.0 cm³/mol. The van der Waals surface area contributed by atoms with E-state index in [1.165, 1.54) is 24.3 Å². The van der Waals surface area contributed by atoms with Crippen molar-refractivity contribution in [2.45, 2.75) is 18.8 Å². The van der Waals surface area contributed by atoms with E-state index in [9.17, 15) is 13.6 Å². The summed E-state index contributed by atoms with van der Waals surface area (Å²) in [5.41, 5.74) is -0.568. The summed E-state index contributed by atoms with van der Waals surface area (Å²) in [7, 11) is 1.59. The van der Waals surface area contributed by atoms with Gasteiger partial charge in [-0.15, -0.1) is 12.4 Å². The first-order chi connectivity index (χ1) is 10.5. The van der Waals surface area contributed by atoms with Crippen LogP contribution in [-0.4, -0.2) is 39.3 Å². The highest BCUT2D eigenvalue weighted by atomic mass is 35.5. The van der Waals surface area contributed by atoms with Crippen LogP contribution in [0.5, 0.6) is 0 Å². The predicted octanol–water partition coefficient (Wildman–Crippen LogP) is 2.33. The molecule has 0 aromatic heterocycles. The van der Waals surface area contributed by atoms with E-state index in [1.807, 2.05) is 0 Å². The van der Waals surface area contributed by atoms with E-state index in [4.69, 9.17) is 4.74 Å². The van der Waals surface area contributed by atoms with Gasteiger partial charge in [-0.05, 0) is 25.9 Å². The number of ether oxygens (including phenoxy) is 1. The van der Waals surface area contributed by atoms with Crippen LogP contribution in [0.4, 0.5) is 8.78 Å². The molecule has 0 radical (unpaired) electrons. The normalized spacial score (nSPS) is 17.2. The van der Waals surface area contributed by atoms with Crippen molar-refractivity contribution in [3.05, 3.63) is 35.9 Å². The van der Waals surface area contributed by atoms with Crippen molar-refractivity contribution in [1.29, 1.82) is 0 Å². The fourth-order valence-electron chi connectivity index (χ4n) is 2.79. The van der Waals surface area contributed by atoms with Gasteiger partial charge in [0.05, 0.1) is 6.61 Å². The van der Waals surface area contributed by atoms with Crippen LogP contribution < -0.4 is 10.6 Å². The summed E-state index contributed by atoms with van der Waals surface area (Å²) in [5.74, 6) is -4.78. The van der Waals surface area contributed by atoms with Crippen LogP contribution in [-0.2, 0) is 15.5 Å². The molecule has 1 fully saturated rings. The van der Waals surface area contributed by atoms with Crippen molar-refractivity contribution < 1.29 is 18.3 Å². The monoisotopic (exact) mass is 348 g/mol. The number of hydrogen-bond acceptors (Lipinski definition) is 3. The third-order valence-corrected chi connectivity index (χ3v) is 4.16. The van der Waals surface area contributed by atoms with E-state index >= 15 is 0 Å². The Morgan fingerprint density at radius 3 is 2.48 bits per heavy atom. The summed E-state index contributed by atoms with van der Waals surface area (Å²) in [6, 6.07) is 7.15. The number of amides is 1. The van der Waals surface area contributed by atoms with E-state index in [1.54, 1.807) is 13.2 Å². The van der Waals surface area contributed by atoms with E-state index in [2.05, 4.69) is 10.6 Å². The molecule has 7 heteroatoms. The van der Waals surface area contributed by atoms with Crippen molar-refractivity contribution in [3.8, 4) is 0 Å². The molecule has 1 aliphatic heterocycles. The van der Waals surface area contributed by atoms with Gasteiger partial charge in [-0.1, -0.05) is 30.3 Å². The smallest absolute Gasteiger partial charge is 0.349 e. The van der Waals surface area contributed by atoms with Gasteiger partial charge in [0, 0.05) is 24.6 Å². The fourth-order valence-corrected chi connectivity index (χ4v) is 2.79. The lowest BCUT2D eigenvalue weighted by atomic mass is 9.79. The molecule has 1 aliphatic rings. The molecule has 0 bridgehead atoms. The lowest BCUT2D eigenvalue weighted by Gasteiger charge is -2.37. The van der Waals surface area contributed by atoms with Crippen LogP contribution in [0, 0.1) is 5.41 Å². The number of nitrogens with one attached hydrogen (secondary N) is 2. The number of carbonyl (C=O) groups excluding carboxylic acids is 1. The molecule has 4 nitrogen and oxygen atoms in total. The van der Waals surface area contributed by atoms with Crippen molar-refractivity contribution >= 4 is 18.3 Å². The van der Waals surface area contributed by atoms with Crippen molar-refractivity contribution in [2.24, 2.45) is 5.41 Å². The molecule has 2 rings (SSSR count). The Morgan fingerprint density at radius 2 is 1.91 bits per heavy atom. The maximum Gasteiger partial charge on any atom is 0.349 e. The minimum Gasteiger partial charge on any atom is -0.384 e. The molecule has 2 N–H and O–H groups in total. The average molecular weight is 349 g/mol. The number of rotatable bonds is 6. The van der Waals surface area contributed by atoms with Crippen LogP contribution >= 0.6 is 12.4 Å². The average Bonchev–Trinajstić information content (AvgIpc) is 2.54. The van der Waals surface area contributed by atoms with Crippen molar-refractivity contribution in [2.75, 3.05) is 33.4 Å². The molecule has 1 amide bonds. The Labute approximate surface area is 141 Å². The maximum atomic E-state index is 14.2. The van der Waals surface area contributed by atoms with Crippen LogP contribution in [0.1, 0.15) is 18.4 Å². The Hall–Kier alpha value is -1.24. The zero-order valence-electron chi connectivity index (χ0n) is 13.1. The highest BCUT2D eigenvalue weighted by Crippen LogP contribution is 2.31. The van der Waals surface area contributed by atoms with E-state index in [0.29, 0.717) is 6.61 Å². The van der Waals surface area contributed by atoms with E-state index < -0.39 is 11.8 Å². The third kappa shape index (κ3) is 4.86. The first-order valence-electron chi connectivity index (χ1n) is 7.41. The Balaban J connectivity index is 0.00000264. The number of carbonyl (C=O) groups is 1. The molecule has 130 valence electrons. The molecule has 23 heavy (non-hydrogen) atoms. The van der Waals surface area contributed by atoms with Gasteiger partial charge in [-0.2, -0.15) is 8.78 Å². The molecular formula is C16H23ClF2N2O2. The first kappa shape index (κ1) is 19.8. The minimum atomic E-state index is -3.53. The van der Waals surface area contributed by atoms with Gasteiger partial charge < -0.3 is 15.4 Å². The third-order valence-electron chi connectivity index (χ3n) is 4.16. The van der Waals surface area contributed by atoms with Crippen LogP contribution in [0.3, 0.4) is 0 Å². The molecule has 0 aliphatic carbocycles. The molecular weight excluding hydrogens is 326 g/mol. The molecule has 1 aromatic rings. The second kappa shape index (κ2) is 8.57. The molecule has 0 saturated carbocycles. The lowest BCUT2D eigenvalue weighted by Crippen LogP contribution is -2.49. The van der Waals surface area contributed by atoms with Gasteiger partial charge in [0.15, 0.2) is 0 Å². The van der Waals surface area contributed by atoms with Crippen molar-refractivity contribution in [3.63, 3.8) is 0 Å². The second-order valence-electron chi connectivity index (χ2n) is 5.81. The summed E-state index contributed by atoms with van der Waals surface area (Å²) in [6.07, 6.45) is 1.58. The quantitative estimate of drug-likeness (QED) is 0.829. The SMILES string of the molecule is COCC1(CNC(=O)C(F)(F)c2ccccc2)CCNCC1.Cl. The Kier molecular flexibility index (Phi) is 7.38. The molecule has 0 spiro atoms. The van der Waals surface area contributed by atoms with Crippen LogP contribution in [0.15, 0.2) is 30.3 Å². The standard InChI is InChI=1S/C16H22F2N2O2.ClH/c1-22-12-15(7-9-19-10-8-15)11-20-14(21)16(17,18)13-5-3-2-4-6-13;/h2-6,19H,7-12H2,1H3,(H,20,21);1H. The topological polar surface area (TPSA) is 50.4 Å². The first-order valence-corrected chi connectivity index (χ1v) is 7.41. The number of piperidine rings is 1. The minimum absolute atomic E-state index is 0. The van der Waals surface area contributed by atoms with E-state index in [-0.39, 0.29) is 29.9 Å². The van der Waals surface area contributed by atoms with Crippen LogP contribution in [0.2, 0.25) is 0 Å². The van der Waals surface area contributed by atoms with Gasteiger partial charge in [0.2, 0.25) is 0 Å². The highest BCUT2D eigenvalue weighted by molar-refractivity contribution is 5.85. The largest absolute Gasteiger partial charge is 0.384 e. The lowest BCUT2D eigenvalue weighted by molar-refractivity contribution is -0.147.